The number of imidazole rings is 1. The SMILES string of the molecule is CCOC(=O)CNc1c(-c2cccc(Cl)c2)nc2cccc(C)n12. The van der Waals surface area contributed by atoms with Gasteiger partial charge in [-0.25, -0.2) is 4.98 Å². The molecule has 0 aliphatic rings. The van der Waals surface area contributed by atoms with Gasteiger partial charge in [0.15, 0.2) is 0 Å². The summed E-state index contributed by atoms with van der Waals surface area (Å²) in [4.78, 5) is 16.4. The first-order valence-electron chi connectivity index (χ1n) is 7.73. The normalized spacial score (nSPS) is 10.8. The van der Waals surface area contributed by atoms with Gasteiger partial charge < -0.3 is 10.1 Å². The molecule has 24 heavy (non-hydrogen) atoms. The van der Waals surface area contributed by atoms with E-state index < -0.39 is 0 Å². The molecule has 0 unspecified atom stereocenters. The van der Waals surface area contributed by atoms with E-state index in [0.29, 0.717) is 11.6 Å². The summed E-state index contributed by atoms with van der Waals surface area (Å²) >= 11 is 6.12. The number of nitrogens with zero attached hydrogens (tertiary/aromatic N) is 2. The van der Waals surface area contributed by atoms with Crippen molar-refractivity contribution in [3.05, 3.63) is 53.2 Å². The van der Waals surface area contributed by atoms with Gasteiger partial charge in [0, 0.05) is 16.3 Å². The highest BCUT2D eigenvalue weighted by molar-refractivity contribution is 6.30. The molecule has 1 N–H and O–H groups in total. The maximum Gasteiger partial charge on any atom is 0.325 e. The number of esters is 1. The van der Waals surface area contributed by atoms with Crippen molar-refractivity contribution in [3.63, 3.8) is 0 Å². The van der Waals surface area contributed by atoms with Crippen LogP contribution in [0.1, 0.15) is 12.6 Å². The number of halogens is 1. The predicted molar refractivity (Wildman–Crippen MR) is 95.5 cm³/mol. The molecule has 0 aliphatic heterocycles. The highest BCUT2D eigenvalue weighted by Crippen LogP contribution is 2.31. The maximum absolute atomic E-state index is 11.7. The standard InChI is InChI=1S/C18H18ClN3O2/c1-3-24-16(23)11-20-18-17(13-7-5-8-14(19)10-13)21-15-9-4-6-12(2)22(15)18/h4-10,20H,3,11H2,1-2H3. The van der Waals surface area contributed by atoms with Crippen LogP contribution in [0.5, 0.6) is 0 Å². The Morgan fingerprint density at radius 1 is 1.29 bits per heavy atom. The number of carbonyl (C=O) groups excluding carboxylic acids is 1. The van der Waals surface area contributed by atoms with Crippen LogP contribution in [-0.4, -0.2) is 28.5 Å². The van der Waals surface area contributed by atoms with Crippen molar-refractivity contribution in [3.8, 4) is 11.3 Å². The first kappa shape index (κ1) is 16.3. The molecule has 0 fully saturated rings. The van der Waals surface area contributed by atoms with Crippen molar-refractivity contribution >= 4 is 29.0 Å². The van der Waals surface area contributed by atoms with Crippen LogP contribution < -0.4 is 5.32 Å². The molecule has 0 aliphatic carbocycles. The Hall–Kier alpha value is -2.53. The van der Waals surface area contributed by atoms with Gasteiger partial charge in [0.05, 0.1) is 6.61 Å². The number of pyridine rings is 1. The molecule has 0 bridgehead atoms. The van der Waals surface area contributed by atoms with Crippen molar-refractivity contribution in [1.29, 1.82) is 0 Å². The fourth-order valence-electron chi connectivity index (χ4n) is 2.62. The van der Waals surface area contributed by atoms with Crippen LogP contribution >= 0.6 is 11.6 Å². The summed E-state index contributed by atoms with van der Waals surface area (Å²) in [6.45, 7) is 4.21. The third-order valence-corrected chi connectivity index (χ3v) is 3.88. The number of carbonyl (C=O) groups is 1. The van der Waals surface area contributed by atoms with E-state index in [9.17, 15) is 4.79 Å². The second kappa shape index (κ2) is 6.93. The second-order valence-electron chi connectivity index (χ2n) is 5.34. The molecule has 0 amide bonds. The molecule has 2 aromatic heterocycles. The molecule has 3 aromatic rings. The minimum Gasteiger partial charge on any atom is -0.465 e. The number of ether oxygens (including phenoxy) is 1. The largest absolute Gasteiger partial charge is 0.465 e. The van der Waals surface area contributed by atoms with Gasteiger partial charge in [-0.15, -0.1) is 0 Å². The van der Waals surface area contributed by atoms with E-state index in [2.05, 4.69) is 5.32 Å². The van der Waals surface area contributed by atoms with Crippen LogP contribution in [0.25, 0.3) is 16.9 Å². The van der Waals surface area contributed by atoms with E-state index in [1.165, 1.54) is 0 Å². The summed E-state index contributed by atoms with van der Waals surface area (Å²) in [5.41, 5.74) is 3.45. The van der Waals surface area contributed by atoms with Gasteiger partial charge in [-0.05, 0) is 38.1 Å². The molecule has 3 rings (SSSR count). The van der Waals surface area contributed by atoms with Gasteiger partial charge in [-0.2, -0.15) is 0 Å². The van der Waals surface area contributed by atoms with Crippen molar-refractivity contribution < 1.29 is 9.53 Å². The highest BCUT2D eigenvalue weighted by Gasteiger charge is 2.16. The van der Waals surface area contributed by atoms with Gasteiger partial charge in [-0.3, -0.25) is 9.20 Å². The van der Waals surface area contributed by atoms with E-state index >= 15 is 0 Å². The van der Waals surface area contributed by atoms with Gasteiger partial charge in [-0.1, -0.05) is 29.8 Å². The molecule has 6 heteroatoms. The Kier molecular flexibility index (Phi) is 4.71. The van der Waals surface area contributed by atoms with E-state index in [-0.39, 0.29) is 12.5 Å². The fraction of sp³-hybridized carbons (Fsp3) is 0.222. The number of anilines is 1. The zero-order valence-corrected chi connectivity index (χ0v) is 14.3. The van der Waals surface area contributed by atoms with Crippen LogP contribution in [0, 0.1) is 6.92 Å². The molecule has 2 heterocycles. The third kappa shape index (κ3) is 3.21. The summed E-state index contributed by atoms with van der Waals surface area (Å²) in [7, 11) is 0. The lowest BCUT2D eigenvalue weighted by atomic mass is 10.1. The minimum atomic E-state index is -0.307. The average Bonchev–Trinajstić information content (AvgIpc) is 2.93. The molecule has 124 valence electrons. The highest BCUT2D eigenvalue weighted by atomic mass is 35.5. The molecule has 0 atom stereocenters. The number of aryl methyl sites for hydroxylation is 1. The molecular formula is C18H18ClN3O2. The molecule has 0 radical (unpaired) electrons. The lowest BCUT2D eigenvalue weighted by molar-refractivity contribution is -0.140. The van der Waals surface area contributed by atoms with Crippen LogP contribution in [0.15, 0.2) is 42.5 Å². The second-order valence-corrected chi connectivity index (χ2v) is 5.78. The average molecular weight is 344 g/mol. The van der Waals surface area contributed by atoms with Crippen LogP contribution in [-0.2, 0) is 9.53 Å². The third-order valence-electron chi connectivity index (χ3n) is 3.64. The first-order valence-corrected chi connectivity index (χ1v) is 8.11. The number of benzene rings is 1. The Balaban J connectivity index is 2.09. The van der Waals surface area contributed by atoms with Crippen molar-refractivity contribution in [2.45, 2.75) is 13.8 Å². The summed E-state index contributed by atoms with van der Waals surface area (Å²) in [6.07, 6.45) is 0. The minimum absolute atomic E-state index is 0.0729. The van der Waals surface area contributed by atoms with Crippen LogP contribution in [0.3, 0.4) is 0 Å². The monoisotopic (exact) mass is 343 g/mol. The van der Waals surface area contributed by atoms with Gasteiger partial charge in [0.1, 0.15) is 23.7 Å². The maximum atomic E-state index is 11.7. The first-order chi connectivity index (χ1) is 11.6. The van der Waals surface area contributed by atoms with Crippen molar-refractivity contribution in [1.82, 2.24) is 9.38 Å². The van der Waals surface area contributed by atoms with E-state index in [1.807, 2.05) is 53.8 Å². The molecular weight excluding hydrogens is 326 g/mol. The zero-order valence-electron chi connectivity index (χ0n) is 13.5. The number of hydrogen-bond acceptors (Lipinski definition) is 4. The molecule has 5 nitrogen and oxygen atoms in total. The Morgan fingerprint density at radius 3 is 2.83 bits per heavy atom. The van der Waals surface area contributed by atoms with Crippen LogP contribution in [0.4, 0.5) is 5.82 Å². The molecule has 1 aromatic carbocycles. The Bertz CT molecular complexity index is 889. The number of fused-ring (bicyclic) bond motifs is 1. The van der Waals surface area contributed by atoms with E-state index in [4.69, 9.17) is 21.3 Å². The van der Waals surface area contributed by atoms with Gasteiger partial charge in [0.25, 0.3) is 0 Å². The smallest absolute Gasteiger partial charge is 0.325 e. The van der Waals surface area contributed by atoms with Crippen molar-refractivity contribution in [2.75, 3.05) is 18.5 Å². The lowest BCUT2D eigenvalue weighted by Gasteiger charge is -2.10. The van der Waals surface area contributed by atoms with Crippen LogP contribution in [0.2, 0.25) is 5.02 Å². The summed E-state index contributed by atoms with van der Waals surface area (Å²) in [5.74, 6) is 0.441. The quantitative estimate of drug-likeness (QED) is 0.713. The fourth-order valence-corrected chi connectivity index (χ4v) is 2.81. The van der Waals surface area contributed by atoms with Gasteiger partial charge >= 0.3 is 5.97 Å². The summed E-state index contributed by atoms with van der Waals surface area (Å²) in [6, 6.07) is 13.4. The lowest BCUT2D eigenvalue weighted by Crippen LogP contribution is -2.18. The Morgan fingerprint density at radius 2 is 2.08 bits per heavy atom. The molecule has 0 spiro atoms. The predicted octanol–water partition coefficient (Wildman–Crippen LogP) is 3.94. The number of nitrogens with one attached hydrogen (secondary N) is 1. The molecule has 0 saturated heterocycles. The molecule has 0 saturated carbocycles. The number of aromatic nitrogens is 2. The summed E-state index contributed by atoms with van der Waals surface area (Å²) < 4.78 is 6.98. The van der Waals surface area contributed by atoms with E-state index in [1.54, 1.807) is 6.92 Å². The van der Waals surface area contributed by atoms with E-state index in [0.717, 1.165) is 28.4 Å². The zero-order chi connectivity index (χ0) is 17.1. The Labute approximate surface area is 145 Å². The number of rotatable bonds is 5. The topological polar surface area (TPSA) is 55.6 Å². The van der Waals surface area contributed by atoms with Crippen molar-refractivity contribution in [2.24, 2.45) is 0 Å². The number of hydrogen-bond donors (Lipinski definition) is 1. The summed E-state index contributed by atoms with van der Waals surface area (Å²) in [5, 5.41) is 3.80. The van der Waals surface area contributed by atoms with Gasteiger partial charge in [0.2, 0.25) is 0 Å².